The molecule has 0 aliphatic heterocycles. The third-order valence-corrected chi connectivity index (χ3v) is 4.77. The van der Waals surface area contributed by atoms with Crippen molar-refractivity contribution in [3.05, 3.63) is 64.0 Å². The van der Waals surface area contributed by atoms with Gasteiger partial charge in [0.25, 0.3) is 5.91 Å². The van der Waals surface area contributed by atoms with E-state index in [-0.39, 0.29) is 17.2 Å². The van der Waals surface area contributed by atoms with E-state index in [2.05, 4.69) is 12.2 Å². The van der Waals surface area contributed by atoms with Crippen LogP contribution in [-0.4, -0.2) is 19.6 Å². The Morgan fingerprint density at radius 3 is 2.53 bits per heavy atom. The van der Waals surface area contributed by atoms with E-state index in [1.807, 2.05) is 19.1 Å². The molecule has 30 heavy (non-hydrogen) atoms. The highest BCUT2D eigenvalue weighted by Gasteiger charge is 2.18. The van der Waals surface area contributed by atoms with Crippen LogP contribution < -0.4 is 26.1 Å². The predicted molar refractivity (Wildman–Crippen MR) is 116 cm³/mol. The van der Waals surface area contributed by atoms with Crippen LogP contribution in [0.15, 0.2) is 51.7 Å². The lowest BCUT2D eigenvalue weighted by molar-refractivity contribution is 0.102. The molecule has 7 heteroatoms. The number of ether oxygens (including phenoxy) is 2. The SMILES string of the molecule is CCC[C@H](N)c1ccc(NC(=O)c2cc3ccc(OC)c(OCC)c3oc2=O)cc1. The van der Waals surface area contributed by atoms with Gasteiger partial charge >= 0.3 is 5.63 Å². The highest BCUT2D eigenvalue weighted by molar-refractivity contribution is 6.05. The van der Waals surface area contributed by atoms with Gasteiger partial charge in [-0.2, -0.15) is 0 Å². The van der Waals surface area contributed by atoms with Gasteiger partial charge in [-0.1, -0.05) is 25.5 Å². The second-order valence-corrected chi connectivity index (χ2v) is 6.87. The van der Waals surface area contributed by atoms with Crippen molar-refractivity contribution in [2.75, 3.05) is 19.0 Å². The van der Waals surface area contributed by atoms with Crippen LogP contribution in [0.25, 0.3) is 11.0 Å². The number of rotatable bonds is 8. The van der Waals surface area contributed by atoms with Gasteiger partial charge in [-0.15, -0.1) is 0 Å². The third-order valence-electron chi connectivity index (χ3n) is 4.77. The highest BCUT2D eigenvalue weighted by atomic mass is 16.5. The number of anilines is 1. The minimum absolute atomic E-state index is 0.0381. The van der Waals surface area contributed by atoms with Gasteiger partial charge in [-0.3, -0.25) is 4.79 Å². The fourth-order valence-corrected chi connectivity index (χ4v) is 3.23. The molecular formula is C23H26N2O5. The van der Waals surface area contributed by atoms with E-state index in [1.165, 1.54) is 13.2 Å². The Morgan fingerprint density at radius 2 is 1.90 bits per heavy atom. The molecule has 0 aliphatic carbocycles. The lowest BCUT2D eigenvalue weighted by Crippen LogP contribution is -2.21. The van der Waals surface area contributed by atoms with Crippen molar-refractivity contribution in [2.24, 2.45) is 5.73 Å². The maximum Gasteiger partial charge on any atom is 0.349 e. The van der Waals surface area contributed by atoms with Gasteiger partial charge in [0.15, 0.2) is 11.3 Å². The molecule has 0 aliphatic rings. The Labute approximate surface area is 174 Å². The number of fused-ring (bicyclic) bond motifs is 1. The molecule has 2 aromatic carbocycles. The third kappa shape index (κ3) is 4.46. The molecule has 0 saturated carbocycles. The number of carbonyl (C=O) groups is 1. The van der Waals surface area contributed by atoms with Gasteiger partial charge in [0.05, 0.1) is 13.7 Å². The number of nitrogens with one attached hydrogen (secondary N) is 1. The smallest absolute Gasteiger partial charge is 0.349 e. The van der Waals surface area contributed by atoms with Gasteiger partial charge in [0, 0.05) is 17.1 Å². The second-order valence-electron chi connectivity index (χ2n) is 6.87. The summed E-state index contributed by atoms with van der Waals surface area (Å²) in [6.45, 7) is 4.27. The summed E-state index contributed by atoms with van der Waals surface area (Å²) in [6, 6.07) is 12.1. The van der Waals surface area contributed by atoms with Crippen LogP contribution in [0.4, 0.5) is 5.69 Å². The Bertz CT molecular complexity index is 1090. The van der Waals surface area contributed by atoms with E-state index >= 15 is 0 Å². The quantitative estimate of drug-likeness (QED) is 0.538. The molecule has 0 radical (unpaired) electrons. The number of hydrogen-bond acceptors (Lipinski definition) is 6. The first-order chi connectivity index (χ1) is 14.5. The summed E-state index contributed by atoms with van der Waals surface area (Å²) < 4.78 is 16.3. The summed E-state index contributed by atoms with van der Waals surface area (Å²) >= 11 is 0. The summed E-state index contributed by atoms with van der Waals surface area (Å²) in [6.07, 6.45) is 1.88. The summed E-state index contributed by atoms with van der Waals surface area (Å²) in [5.74, 6) is 0.233. The summed E-state index contributed by atoms with van der Waals surface area (Å²) in [4.78, 5) is 25.2. The zero-order chi connectivity index (χ0) is 21.7. The van der Waals surface area contributed by atoms with E-state index in [9.17, 15) is 9.59 Å². The van der Waals surface area contributed by atoms with Crippen molar-refractivity contribution >= 4 is 22.6 Å². The summed E-state index contributed by atoms with van der Waals surface area (Å²) in [5, 5.41) is 3.29. The van der Waals surface area contributed by atoms with Crippen molar-refractivity contribution in [1.82, 2.24) is 0 Å². The molecule has 0 fully saturated rings. The van der Waals surface area contributed by atoms with Crippen LogP contribution in [0.3, 0.4) is 0 Å². The Kier molecular flexibility index (Phi) is 6.74. The average molecular weight is 410 g/mol. The Hall–Kier alpha value is -3.32. The van der Waals surface area contributed by atoms with Crippen LogP contribution in [0.1, 0.15) is 48.7 Å². The van der Waals surface area contributed by atoms with Gasteiger partial charge in [0.1, 0.15) is 5.56 Å². The van der Waals surface area contributed by atoms with Crippen molar-refractivity contribution in [2.45, 2.75) is 32.7 Å². The molecule has 3 rings (SSSR count). The van der Waals surface area contributed by atoms with E-state index in [0.29, 0.717) is 29.2 Å². The van der Waals surface area contributed by atoms with E-state index in [0.717, 1.165) is 18.4 Å². The molecule has 158 valence electrons. The molecule has 1 amide bonds. The number of benzene rings is 2. The lowest BCUT2D eigenvalue weighted by atomic mass is 10.0. The normalized spacial score (nSPS) is 11.9. The molecule has 1 aromatic heterocycles. The van der Waals surface area contributed by atoms with Crippen molar-refractivity contribution in [1.29, 1.82) is 0 Å². The molecule has 0 unspecified atom stereocenters. The Balaban J connectivity index is 1.88. The van der Waals surface area contributed by atoms with E-state index in [4.69, 9.17) is 19.6 Å². The van der Waals surface area contributed by atoms with Gasteiger partial charge < -0.3 is 24.9 Å². The molecule has 7 nitrogen and oxygen atoms in total. The van der Waals surface area contributed by atoms with Crippen LogP contribution in [0.2, 0.25) is 0 Å². The lowest BCUT2D eigenvalue weighted by Gasteiger charge is -2.12. The molecule has 3 N–H and O–H groups in total. The predicted octanol–water partition coefficient (Wildman–Crippen LogP) is 4.25. The fourth-order valence-electron chi connectivity index (χ4n) is 3.23. The highest BCUT2D eigenvalue weighted by Crippen LogP contribution is 2.35. The number of hydrogen-bond donors (Lipinski definition) is 2. The van der Waals surface area contributed by atoms with E-state index in [1.54, 1.807) is 24.3 Å². The second kappa shape index (κ2) is 9.45. The zero-order valence-electron chi connectivity index (χ0n) is 17.4. The summed E-state index contributed by atoms with van der Waals surface area (Å²) in [5.41, 5.74) is 7.07. The number of carbonyl (C=O) groups excluding carboxylic acids is 1. The number of methoxy groups -OCH3 is 1. The maximum atomic E-state index is 12.7. The van der Waals surface area contributed by atoms with Gasteiger partial charge in [-0.25, -0.2) is 4.79 Å². The largest absolute Gasteiger partial charge is 0.493 e. The minimum atomic E-state index is -0.754. The first kappa shape index (κ1) is 21.4. The Morgan fingerprint density at radius 1 is 1.17 bits per heavy atom. The molecule has 1 heterocycles. The standard InChI is InChI=1S/C23H26N2O5/c1-4-6-18(24)14-7-10-16(11-8-14)25-22(26)17-13-15-9-12-19(28-3)21(29-5-2)20(15)30-23(17)27/h7-13,18H,4-6,24H2,1-3H3,(H,25,26)/t18-/m0/s1. The van der Waals surface area contributed by atoms with E-state index < -0.39 is 11.5 Å². The fraction of sp³-hybridized carbons (Fsp3) is 0.304. The molecule has 3 aromatic rings. The topological polar surface area (TPSA) is 104 Å². The van der Waals surface area contributed by atoms with Crippen molar-refractivity contribution in [3.63, 3.8) is 0 Å². The van der Waals surface area contributed by atoms with Gasteiger partial charge in [0.2, 0.25) is 5.75 Å². The molecule has 1 atom stereocenters. The maximum absolute atomic E-state index is 12.7. The van der Waals surface area contributed by atoms with Gasteiger partial charge in [-0.05, 0) is 49.2 Å². The van der Waals surface area contributed by atoms with Crippen LogP contribution in [0, 0.1) is 0 Å². The zero-order valence-corrected chi connectivity index (χ0v) is 17.4. The molecular weight excluding hydrogens is 384 g/mol. The van der Waals surface area contributed by atoms with Crippen LogP contribution in [0.5, 0.6) is 11.5 Å². The molecule has 0 bridgehead atoms. The number of nitrogens with two attached hydrogens (primary N) is 1. The summed E-state index contributed by atoms with van der Waals surface area (Å²) in [7, 11) is 1.50. The molecule has 0 spiro atoms. The first-order valence-electron chi connectivity index (χ1n) is 9.93. The monoisotopic (exact) mass is 410 g/mol. The van der Waals surface area contributed by atoms with Crippen molar-refractivity contribution < 1.29 is 18.7 Å². The van der Waals surface area contributed by atoms with Crippen LogP contribution in [-0.2, 0) is 0 Å². The first-order valence-corrected chi connectivity index (χ1v) is 9.93. The average Bonchev–Trinajstić information content (AvgIpc) is 2.74. The number of amides is 1. The van der Waals surface area contributed by atoms with Crippen LogP contribution >= 0.6 is 0 Å². The molecule has 0 saturated heterocycles. The minimum Gasteiger partial charge on any atom is -0.493 e. The van der Waals surface area contributed by atoms with Crippen molar-refractivity contribution in [3.8, 4) is 11.5 Å².